The number of halogens is 1. The molecule has 2 rings (SSSR count). The Bertz CT molecular complexity index is 367. The topological polar surface area (TPSA) is 39.2 Å². The van der Waals surface area contributed by atoms with E-state index in [9.17, 15) is 0 Å². The third kappa shape index (κ3) is 1.48. The molecule has 2 N–H and O–H groups in total. The minimum absolute atomic E-state index is 0.00120. The first kappa shape index (κ1) is 11.2. The monoisotopic (exact) mass is 271 g/mol. The predicted octanol–water partition coefficient (Wildman–Crippen LogP) is 3.72. The average Bonchev–Trinajstić information content (AvgIpc) is 2.49. The van der Waals surface area contributed by atoms with E-state index >= 15 is 0 Å². The lowest BCUT2D eigenvalue weighted by Crippen LogP contribution is -2.15. The highest BCUT2D eigenvalue weighted by Gasteiger charge is 2.67. The van der Waals surface area contributed by atoms with Gasteiger partial charge in [0.05, 0.1) is 6.04 Å². The molecular weight excluding hydrogens is 254 g/mol. The van der Waals surface area contributed by atoms with Crippen LogP contribution < -0.4 is 5.73 Å². The van der Waals surface area contributed by atoms with Gasteiger partial charge in [0.2, 0.25) is 0 Å². The van der Waals surface area contributed by atoms with Gasteiger partial charge < -0.3 is 10.2 Å². The smallest absolute Gasteiger partial charge is 0.169 e. The SMILES string of the molecule is CC1(C)C(C(N)c2ccc(Br)o2)C1(C)C. The minimum Gasteiger partial charge on any atom is -0.453 e. The zero-order chi connectivity index (χ0) is 11.4. The second-order valence-corrected chi connectivity index (χ2v) is 6.37. The fourth-order valence-corrected chi connectivity index (χ4v) is 3.14. The largest absolute Gasteiger partial charge is 0.453 e. The molecule has 1 aromatic heterocycles. The van der Waals surface area contributed by atoms with E-state index in [0.29, 0.717) is 16.7 Å². The molecule has 0 bridgehead atoms. The molecule has 0 saturated heterocycles. The molecule has 1 fully saturated rings. The molecule has 0 aliphatic heterocycles. The first-order valence-electron chi connectivity index (χ1n) is 5.29. The van der Waals surface area contributed by atoms with Crippen LogP contribution in [0.5, 0.6) is 0 Å². The van der Waals surface area contributed by atoms with Crippen LogP contribution in [0.2, 0.25) is 0 Å². The average molecular weight is 272 g/mol. The van der Waals surface area contributed by atoms with Gasteiger partial charge in [-0.2, -0.15) is 0 Å². The van der Waals surface area contributed by atoms with E-state index in [2.05, 4.69) is 43.6 Å². The first-order valence-corrected chi connectivity index (χ1v) is 6.08. The van der Waals surface area contributed by atoms with Crippen molar-refractivity contribution < 1.29 is 4.42 Å². The summed E-state index contributed by atoms with van der Waals surface area (Å²) < 4.78 is 6.28. The van der Waals surface area contributed by atoms with Gasteiger partial charge in [-0.1, -0.05) is 27.7 Å². The standard InChI is InChI=1S/C12H18BrNO/c1-11(2)10(12(11,3)4)9(14)7-5-6-8(13)15-7/h5-6,9-10H,14H2,1-4H3. The van der Waals surface area contributed by atoms with Gasteiger partial charge in [0.25, 0.3) is 0 Å². The number of hydrogen-bond donors (Lipinski definition) is 1. The molecule has 1 saturated carbocycles. The van der Waals surface area contributed by atoms with Crippen LogP contribution in [-0.4, -0.2) is 0 Å². The fourth-order valence-electron chi connectivity index (χ4n) is 2.82. The van der Waals surface area contributed by atoms with Crippen LogP contribution >= 0.6 is 15.9 Å². The summed E-state index contributed by atoms with van der Waals surface area (Å²) >= 11 is 3.30. The Hall–Kier alpha value is -0.280. The molecular formula is C12H18BrNO. The lowest BCUT2D eigenvalue weighted by atomic mass is 10.0. The van der Waals surface area contributed by atoms with E-state index in [1.807, 2.05) is 12.1 Å². The molecule has 0 amide bonds. The lowest BCUT2D eigenvalue weighted by Gasteiger charge is -2.10. The maximum absolute atomic E-state index is 6.25. The van der Waals surface area contributed by atoms with Crippen molar-refractivity contribution in [2.75, 3.05) is 0 Å². The first-order chi connectivity index (χ1) is 6.78. The van der Waals surface area contributed by atoms with Gasteiger partial charge in [-0.25, -0.2) is 0 Å². The summed E-state index contributed by atoms with van der Waals surface area (Å²) in [6.45, 7) is 9.09. The third-order valence-electron chi connectivity index (χ3n) is 4.41. The molecule has 15 heavy (non-hydrogen) atoms. The highest BCUT2D eigenvalue weighted by molar-refractivity contribution is 9.10. The Kier molecular flexibility index (Phi) is 2.32. The second kappa shape index (κ2) is 3.11. The Morgan fingerprint density at radius 1 is 1.27 bits per heavy atom. The van der Waals surface area contributed by atoms with Gasteiger partial charge in [0, 0.05) is 0 Å². The summed E-state index contributed by atoms with van der Waals surface area (Å²) in [7, 11) is 0. The van der Waals surface area contributed by atoms with Crippen molar-refractivity contribution in [2.24, 2.45) is 22.5 Å². The molecule has 1 aromatic rings. The van der Waals surface area contributed by atoms with Gasteiger partial charge in [0.1, 0.15) is 5.76 Å². The predicted molar refractivity (Wildman–Crippen MR) is 64.4 cm³/mol. The summed E-state index contributed by atoms with van der Waals surface area (Å²) in [5.41, 5.74) is 6.84. The maximum atomic E-state index is 6.25. The summed E-state index contributed by atoms with van der Waals surface area (Å²) in [6.07, 6.45) is 0. The van der Waals surface area contributed by atoms with Gasteiger partial charge in [-0.3, -0.25) is 0 Å². The molecule has 1 aliphatic rings. The molecule has 1 heterocycles. The molecule has 1 aliphatic carbocycles. The Morgan fingerprint density at radius 2 is 1.80 bits per heavy atom. The van der Waals surface area contributed by atoms with Gasteiger partial charge >= 0.3 is 0 Å². The lowest BCUT2D eigenvalue weighted by molar-refractivity contribution is 0.391. The third-order valence-corrected chi connectivity index (χ3v) is 4.84. The van der Waals surface area contributed by atoms with E-state index in [-0.39, 0.29) is 6.04 Å². The van der Waals surface area contributed by atoms with Gasteiger partial charge in [-0.05, 0) is 44.8 Å². The summed E-state index contributed by atoms with van der Waals surface area (Å²) in [5.74, 6) is 1.37. The van der Waals surface area contributed by atoms with E-state index < -0.39 is 0 Å². The zero-order valence-electron chi connectivity index (χ0n) is 9.67. The van der Waals surface area contributed by atoms with Crippen molar-refractivity contribution in [1.82, 2.24) is 0 Å². The minimum atomic E-state index is 0.00120. The van der Waals surface area contributed by atoms with Crippen LogP contribution in [0.4, 0.5) is 0 Å². The van der Waals surface area contributed by atoms with Crippen molar-refractivity contribution in [3.05, 3.63) is 22.6 Å². The van der Waals surface area contributed by atoms with E-state index in [1.54, 1.807) is 0 Å². The van der Waals surface area contributed by atoms with E-state index in [1.165, 1.54) is 0 Å². The van der Waals surface area contributed by atoms with Crippen LogP contribution in [0.1, 0.15) is 39.5 Å². The molecule has 3 heteroatoms. The van der Waals surface area contributed by atoms with Gasteiger partial charge in [-0.15, -0.1) is 0 Å². The van der Waals surface area contributed by atoms with E-state index in [4.69, 9.17) is 10.2 Å². The molecule has 1 unspecified atom stereocenters. The second-order valence-electron chi connectivity index (χ2n) is 5.59. The van der Waals surface area contributed by atoms with Crippen LogP contribution in [0.15, 0.2) is 21.2 Å². The number of rotatable bonds is 2. The Morgan fingerprint density at radius 3 is 2.13 bits per heavy atom. The molecule has 1 atom stereocenters. The van der Waals surface area contributed by atoms with Crippen molar-refractivity contribution in [1.29, 1.82) is 0 Å². The zero-order valence-corrected chi connectivity index (χ0v) is 11.3. The highest BCUT2D eigenvalue weighted by atomic mass is 79.9. The normalized spacial score (nSPS) is 25.2. The molecule has 2 nitrogen and oxygen atoms in total. The summed E-state index contributed by atoms with van der Waals surface area (Å²) in [6, 6.07) is 3.86. The summed E-state index contributed by atoms with van der Waals surface area (Å²) in [4.78, 5) is 0. The van der Waals surface area contributed by atoms with Crippen LogP contribution in [0.25, 0.3) is 0 Å². The fraction of sp³-hybridized carbons (Fsp3) is 0.667. The number of hydrogen-bond acceptors (Lipinski definition) is 2. The van der Waals surface area contributed by atoms with Crippen molar-refractivity contribution >= 4 is 15.9 Å². The Balaban J connectivity index is 2.21. The van der Waals surface area contributed by atoms with Crippen molar-refractivity contribution in [3.8, 4) is 0 Å². The molecule has 84 valence electrons. The van der Waals surface area contributed by atoms with Gasteiger partial charge in [0.15, 0.2) is 4.67 Å². The molecule has 0 aromatic carbocycles. The van der Waals surface area contributed by atoms with Crippen molar-refractivity contribution in [2.45, 2.75) is 33.7 Å². The van der Waals surface area contributed by atoms with Crippen molar-refractivity contribution in [3.63, 3.8) is 0 Å². The maximum Gasteiger partial charge on any atom is 0.169 e. The summed E-state index contributed by atoms with van der Waals surface area (Å²) in [5, 5.41) is 0. The van der Waals surface area contributed by atoms with Crippen LogP contribution in [0, 0.1) is 16.7 Å². The number of nitrogens with two attached hydrogens (primary N) is 1. The van der Waals surface area contributed by atoms with E-state index in [0.717, 1.165) is 10.4 Å². The molecule has 0 spiro atoms. The van der Waals surface area contributed by atoms with Crippen LogP contribution in [-0.2, 0) is 0 Å². The Labute approximate surface area is 99.3 Å². The van der Waals surface area contributed by atoms with Crippen LogP contribution in [0.3, 0.4) is 0 Å². The highest BCUT2D eigenvalue weighted by Crippen LogP contribution is 2.71. The molecule has 0 radical (unpaired) electrons. The number of furan rings is 1. The quantitative estimate of drug-likeness (QED) is 0.891.